The zero-order valence-electron chi connectivity index (χ0n) is 9.00. The fourth-order valence-electron chi connectivity index (χ4n) is 1.27. The smallest absolute Gasteiger partial charge is 0.263 e. The van der Waals surface area contributed by atoms with Gasteiger partial charge in [0.25, 0.3) is 5.91 Å². The summed E-state index contributed by atoms with van der Waals surface area (Å²) in [7, 11) is 0. The van der Waals surface area contributed by atoms with Crippen LogP contribution in [0.2, 0.25) is 0 Å². The molecule has 0 fully saturated rings. The number of hydrogen-bond donors (Lipinski definition) is 1. The van der Waals surface area contributed by atoms with Gasteiger partial charge in [-0.1, -0.05) is 27.3 Å². The highest BCUT2D eigenvalue weighted by Gasteiger charge is 2.19. The number of amides is 1. The molecule has 8 heteroatoms. The summed E-state index contributed by atoms with van der Waals surface area (Å²) in [4.78, 5) is 11.7. The molecular weight excluding hydrogens is 328 g/mol. The van der Waals surface area contributed by atoms with E-state index in [1.54, 1.807) is 6.92 Å². The van der Waals surface area contributed by atoms with Crippen molar-refractivity contribution in [2.45, 2.75) is 6.92 Å². The topological polar surface area (TPSA) is 54.9 Å². The summed E-state index contributed by atoms with van der Waals surface area (Å²) in [5.74, 6) is -2.78. The van der Waals surface area contributed by atoms with E-state index in [1.165, 1.54) is 0 Å². The Morgan fingerprint density at radius 1 is 1.33 bits per heavy atom. The molecule has 0 unspecified atom stereocenters. The van der Waals surface area contributed by atoms with Crippen LogP contribution in [0.4, 0.5) is 13.9 Å². The minimum Gasteiger partial charge on any atom is -0.296 e. The standard InChI is InChI=1S/C10H6BrF2N3OS/c1-4-15-16-10(18-4)14-9(17)8-6(12)2-5(11)3-7(8)13/h2-3H,1H3,(H,14,16,17). The average molecular weight is 334 g/mol. The largest absolute Gasteiger partial charge is 0.296 e. The molecule has 0 aliphatic rings. The van der Waals surface area contributed by atoms with Crippen LogP contribution in [-0.4, -0.2) is 16.1 Å². The molecule has 0 spiro atoms. The highest BCUT2D eigenvalue weighted by molar-refractivity contribution is 9.10. The molecule has 0 aliphatic heterocycles. The van der Waals surface area contributed by atoms with E-state index in [0.717, 1.165) is 23.5 Å². The predicted molar refractivity (Wildman–Crippen MR) is 66.7 cm³/mol. The van der Waals surface area contributed by atoms with Gasteiger partial charge in [-0.05, 0) is 19.1 Å². The molecule has 1 N–H and O–H groups in total. The molecule has 2 rings (SSSR count). The number of halogens is 3. The first kappa shape index (κ1) is 13.0. The van der Waals surface area contributed by atoms with Crippen molar-refractivity contribution in [2.75, 3.05) is 5.32 Å². The first-order valence-electron chi connectivity index (χ1n) is 4.73. The van der Waals surface area contributed by atoms with Crippen molar-refractivity contribution in [2.24, 2.45) is 0 Å². The second kappa shape index (κ2) is 5.07. The fraction of sp³-hybridized carbons (Fsp3) is 0.100. The lowest BCUT2D eigenvalue weighted by Crippen LogP contribution is -2.15. The van der Waals surface area contributed by atoms with E-state index in [-0.39, 0.29) is 9.60 Å². The van der Waals surface area contributed by atoms with Gasteiger partial charge < -0.3 is 0 Å². The highest BCUT2D eigenvalue weighted by atomic mass is 79.9. The Hall–Kier alpha value is -1.41. The van der Waals surface area contributed by atoms with Gasteiger partial charge in [0.1, 0.15) is 22.2 Å². The summed E-state index contributed by atoms with van der Waals surface area (Å²) < 4.78 is 27.2. The molecule has 0 aliphatic carbocycles. The van der Waals surface area contributed by atoms with E-state index in [0.29, 0.717) is 5.01 Å². The number of aryl methyl sites for hydroxylation is 1. The number of benzene rings is 1. The molecule has 0 saturated heterocycles. The van der Waals surface area contributed by atoms with Crippen molar-refractivity contribution in [1.82, 2.24) is 10.2 Å². The fourth-order valence-corrected chi connectivity index (χ4v) is 2.25. The number of nitrogens with zero attached hydrogens (tertiary/aromatic N) is 2. The Balaban J connectivity index is 2.29. The molecule has 0 atom stereocenters. The summed E-state index contributed by atoms with van der Waals surface area (Å²) >= 11 is 4.05. The number of nitrogens with one attached hydrogen (secondary N) is 1. The molecule has 1 amide bonds. The first-order chi connectivity index (χ1) is 8.47. The molecule has 4 nitrogen and oxygen atoms in total. The van der Waals surface area contributed by atoms with Gasteiger partial charge in [0.2, 0.25) is 5.13 Å². The van der Waals surface area contributed by atoms with Gasteiger partial charge >= 0.3 is 0 Å². The van der Waals surface area contributed by atoms with Gasteiger partial charge in [0.15, 0.2) is 0 Å². The van der Waals surface area contributed by atoms with Gasteiger partial charge in [0, 0.05) is 4.47 Å². The molecule has 1 aromatic heterocycles. The minimum absolute atomic E-state index is 0.194. The normalized spacial score (nSPS) is 10.4. The van der Waals surface area contributed by atoms with Crippen LogP contribution in [0.25, 0.3) is 0 Å². The number of aromatic nitrogens is 2. The third kappa shape index (κ3) is 2.70. The van der Waals surface area contributed by atoms with E-state index in [2.05, 4.69) is 31.4 Å². The van der Waals surface area contributed by atoms with E-state index in [9.17, 15) is 13.6 Å². The molecule has 1 aromatic carbocycles. The van der Waals surface area contributed by atoms with Crippen LogP contribution in [-0.2, 0) is 0 Å². The molecule has 0 bridgehead atoms. The number of rotatable bonds is 2. The Morgan fingerprint density at radius 2 is 1.94 bits per heavy atom. The summed E-state index contributed by atoms with van der Waals surface area (Å²) in [5, 5.41) is 10.4. The van der Waals surface area contributed by atoms with Crippen molar-refractivity contribution in [3.05, 3.63) is 38.8 Å². The second-order valence-corrected chi connectivity index (χ2v) is 5.42. The molecule has 94 valence electrons. The number of carbonyl (C=O) groups is 1. The van der Waals surface area contributed by atoms with Crippen LogP contribution < -0.4 is 5.32 Å². The molecule has 0 radical (unpaired) electrons. The highest BCUT2D eigenvalue weighted by Crippen LogP contribution is 2.21. The third-order valence-electron chi connectivity index (χ3n) is 1.98. The van der Waals surface area contributed by atoms with Gasteiger partial charge in [-0.25, -0.2) is 8.78 Å². The van der Waals surface area contributed by atoms with Crippen LogP contribution in [0.15, 0.2) is 16.6 Å². The number of anilines is 1. The maximum absolute atomic E-state index is 13.5. The summed E-state index contributed by atoms with van der Waals surface area (Å²) in [6.07, 6.45) is 0. The third-order valence-corrected chi connectivity index (χ3v) is 3.19. The maximum atomic E-state index is 13.5. The average Bonchev–Trinajstić information content (AvgIpc) is 2.62. The zero-order chi connectivity index (χ0) is 13.3. The first-order valence-corrected chi connectivity index (χ1v) is 6.34. The number of carbonyl (C=O) groups excluding carboxylic acids is 1. The lowest BCUT2D eigenvalue weighted by molar-refractivity contribution is 0.101. The van der Waals surface area contributed by atoms with Crippen molar-refractivity contribution in [3.8, 4) is 0 Å². The zero-order valence-corrected chi connectivity index (χ0v) is 11.4. The van der Waals surface area contributed by atoms with E-state index in [1.807, 2.05) is 0 Å². The van der Waals surface area contributed by atoms with Crippen LogP contribution in [0.5, 0.6) is 0 Å². The van der Waals surface area contributed by atoms with Crippen molar-refractivity contribution in [3.63, 3.8) is 0 Å². The summed E-state index contributed by atoms with van der Waals surface area (Å²) in [6.45, 7) is 1.70. The van der Waals surface area contributed by atoms with E-state index in [4.69, 9.17) is 0 Å². The predicted octanol–water partition coefficient (Wildman–Crippen LogP) is 3.14. The van der Waals surface area contributed by atoms with Crippen LogP contribution in [0.1, 0.15) is 15.4 Å². The van der Waals surface area contributed by atoms with Crippen LogP contribution in [0, 0.1) is 18.6 Å². The van der Waals surface area contributed by atoms with Gasteiger partial charge in [-0.15, -0.1) is 10.2 Å². The lowest BCUT2D eigenvalue weighted by atomic mass is 10.2. The van der Waals surface area contributed by atoms with Gasteiger partial charge in [-0.2, -0.15) is 0 Å². The van der Waals surface area contributed by atoms with Crippen molar-refractivity contribution >= 4 is 38.3 Å². The summed E-state index contributed by atoms with van der Waals surface area (Å²) in [6, 6.07) is 2.03. The Labute approximate surface area is 113 Å². The quantitative estimate of drug-likeness (QED) is 0.918. The lowest BCUT2D eigenvalue weighted by Gasteiger charge is -2.04. The summed E-state index contributed by atoms with van der Waals surface area (Å²) in [5.41, 5.74) is -0.647. The minimum atomic E-state index is -0.944. The Bertz CT molecular complexity index is 594. The van der Waals surface area contributed by atoms with E-state index < -0.39 is 23.1 Å². The Morgan fingerprint density at radius 3 is 2.44 bits per heavy atom. The number of hydrogen-bond acceptors (Lipinski definition) is 4. The van der Waals surface area contributed by atoms with Gasteiger partial charge in [-0.3, -0.25) is 10.1 Å². The van der Waals surface area contributed by atoms with Crippen molar-refractivity contribution in [1.29, 1.82) is 0 Å². The van der Waals surface area contributed by atoms with Gasteiger partial charge in [0.05, 0.1) is 0 Å². The van der Waals surface area contributed by atoms with Crippen molar-refractivity contribution < 1.29 is 13.6 Å². The van der Waals surface area contributed by atoms with E-state index >= 15 is 0 Å². The SMILES string of the molecule is Cc1nnc(NC(=O)c2c(F)cc(Br)cc2F)s1. The molecule has 0 saturated carbocycles. The van der Waals surface area contributed by atoms with Crippen LogP contribution in [0.3, 0.4) is 0 Å². The molecule has 1 heterocycles. The maximum Gasteiger partial charge on any atom is 0.263 e. The Kier molecular flexibility index (Phi) is 3.67. The molecular formula is C10H6BrF2N3OS. The molecule has 2 aromatic rings. The van der Waals surface area contributed by atoms with Crippen LogP contribution >= 0.6 is 27.3 Å². The monoisotopic (exact) mass is 333 g/mol. The second-order valence-electron chi connectivity index (χ2n) is 3.32. The molecule has 18 heavy (non-hydrogen) atoms.